The van der Waals surface area contributed by atoms with Gasteiger partial charge in [0.1, 0.15) is 18.1 Å². The van der Waals surface area contributed by atoms with Gasteiger partial charge in [0.2, 0.25) is 0 Å². The molecular formula is C15H8N4. The number of aliphatic imine (C=N–C) groups is 2. The molecule has 88 valence electrons. The van der Waals surface area contributed by atoms with Crippen molar-refractivity contribution in [2.24, 2.45) is 9.98 Å². The summed E-state index contributed by atoms with van der Waals surface area (Å²) in [6.07, 6.45) is 0. The minimum Gasteiger partial charge on any atom is -0.192 e. The molecule has 2 aromatic rings. The van der Waals surface area contributed by atoms with E-state index >= 15 is 0 Å². The van der Waals surface area contributed by atoms with Crippen LogP contribution in [-0.4, -0.2) is 6.01 Å². The Morgan fingerprint density at radius 2 is 1.58 bits per heavy atom. The van der Waals surface area contributed by atoms with Crippen molar-refractivity contribution in [1.82, 2.24) is 0 Å². The molecule has 0 aliphatic rings. The molecule has 0 N–H and O–H groups in total. The third kappa shape index (κ3) is 2.92. The van der Waals surface area contributed by atoms with Crippen molar-refractivity contribution < 1.29 is 0 Å². The van der Waals surface area contributed by atoms with Crippen LogP contribution in [0, 0.1) is 22.7 Å². The SMILES string of the molecule is N#Cc1cccc(N=C=Nc2ccccc2)c1C#N. The molecule has 0 spiro atoms. The summed E-state index contributed by atoms with van der Waals surface area (Å²) >= 11 is 0. The van der Waals surface area contributed by atoms with Crippen LogP contribution < -0.4 is 0 Å². The zero-order chi connectivity index (χ0) is 13.5. The lowest BCUT2D eigenvalue weighted by molar-refractivity contribution is 1.40. The molecule has 0 bridgehead atoms. The lowest BCUT2D eigenvalue weighted by Crippen LogP contribution is -1.83. The number of hydrogen-bond acceptors (Lipinski definition) is 4. The summed E-state index contributed by atoms with van der Waals surface area (Å²) in [6.45, 7) is 0. The third-order valence-corrected chi connectivity index (χ3v) is 2.38. The number of para-hydroxylation sites is 1. The second-order valence-electron chi connectivity index (χ2n) is 3.58. The van der Waals surface area contributed by atoms with E-state index < -0.39 is 0 Å². The fourth-order valence-electron chi connectivity index (χ4n) is 1.48. The summed E-state index contributed by atoms with van der Waals surface area (Å²) in [7, 11) is 0. The Morgan fingerprint density at radius 3 is 2.26 bits per heavy atom. The summed E-state index contributed by atoms with van der Waals surface area (Å²) < 4.78 is 0. The third-order valence-electron chi connectivity index (χ3n) is 2.38. The molecule has 0 amide bonds. The number of benzene rings is 2. The van der Waals surface area contributed by atoms with Gasteiger partial charge in [0.15, 0.2) is 0 Å². The van der Waals surface area contributed by atoms with Crippen LogP contribution in [0.15, 0.2) is 58.5 Å². The lowest BCUT2D eigenvalue weighted by Gasteiger charge is -1.96. The molecule has 4 nitrogen and oxygen atoms in total. The van der Waals surface area contributed by atoms with E-state index in [0.29, 0.717) is 11.3 Å². The monoisotopic (exact) mass is 244 g/mol. The van der Waals surface area contributed by atoms with E-state index in [1.54, 1.807) is 18.2 Å². The van der Waals surface area contributed by atoms with Crippen molar-refractivity contribution in [2.75, 3.05) is 0 Å². The van der Waals surface area contributed by atoms with E-state index in [4.69, 9.17) is 10.5 Å². The first-order valence-corrected chi connectivity index (χ1v) is 5.50. The minimum absolute atomic E-state index is 0.237. The first kappa shape index (κ1) is 12.3. The number of nitriles is 2. The predicted octanol–water partition coefficient (Wildman–Crippen LogP) is 3.57. The minimum atomic E-state index is 0.237. The molecule has 0 aromatic heterocycles. The molecule has 0 heterocycles. The van der Waals surface area contributed by atoms with E-state index in [-0.39, 0.29) is 5.56 Å². The summed E-state index contributed by atoms with van der Waals surface area (Å²) in [6, 6.07) is 20.6. The molecule has 0 aliphatic heterocycles. The Bertz CT molecular complexity index is 727. The molecule has 2 aromatic carbocycles. The van der Waals surface area contributed by atoms with Crippen molar-refractivity contribution in [3.63, 3.8) is 0 Å². The molecule has 4 heteroatoms. The van der Waals surface area contributed by atoms with Gasteiger partial charge >= 0.3 is 0 Å². The molecule has 0 aliphatic carbocycles. The van der Waals surface area contributed by atoms with Gasteiger partial charge in [-0.3, -0.25) is 0 Å². The highest BCUT2D eigenvalue weighted by Crippen LogP contribution is 2.21. The van der Waals surface area contributed by atoms with Crippen LogP contribution in [-0.2, 0) is 0 Å². The highest BCUT2D eigenvalue weighted by molar-refractivity contribution is 5.66. The van der Waals surface area contributed by atoms with Gasteiger partial charge in [-0.25, -0.2) is 0 Å². The van der Waals surface area contributed by atoms with E-state index in [9.17, 15) is 0 Å². The van der Waals surface area contributed by atoms with Crippen molar-refractivity contribution in [2.45, 2.75) is 0 Å². The molecule has 0 radical (unpaired) electrons. The smallest absolute Gasteiger partial charge is 0.103 e. The average molecular weight is 244 g/mol. The van der Waals surface area contributed by atoms with E-state index in [0.717, 1.165) is 5.69 Å². The van der Waals surface area contributed by atoms with Gasteiger partial charge < -0.3 is 0 Å². The van der Waals surface area contributed by atoms with Crippen LogP contribution in [0.25, 0.3) is 0 Å². The Morgan fingerprint density at radius 1 is 0.789 bits per heavy atom. The molecular weight excluding hydrogens is 236 g/mol. The molecule has 0 fully saturated rings. The van der Waals surface area contributed by atoms with Crippen LogP contribution in [0.5, 0.6) is 0 Å². The predicted molar refractivity (Wildman–Crippen MR) is 71.5 cm³/mol. The van der Waals surface area contributed by atoms with E-state index in [1.807, 2.05) is 42.5 Å². The second-order valence-corrected chi connectivity index (χ2v) is 3.58. The maximum Gasteiger partial charge on any atom is 0.103 e. The standard InChI is InChI=1S/C15H8N4/c16-9-12-5-4-8-15(14(12)10-17)19-11-18-13-6-2-1-3-7-13/h1-8H. The molecule has 0 saturated heterocycles. The van der Waals surface area contributed by atoms with Crippen LogP contribution in [0.2, 0.25) is 0 Å². The van der Waals surface area contributed by atoms with Crippen LogP contribution in [0.4, 0.5) is 11.4 Å². The summed E-state index contributed by atoms with van der Waals surface area (Å²) in [5, 5.41) is 17.9. The largest absolute Gasteiger partial charge is 0.192 e. The Labute approximate surface area is 110 Å². The van der Waals surface area contributed by atoms with E-state index in [1.165, 1.54) is 0 Å². The number of rotatable bonds is 2. The van der Waals surface area contributed by atoms with Crippen molar-refractivity contribution in [3.05, 3.63) is 59.7 Å². The zero-order valence-electron chi connectivity index (χ0n) is 9.91. The van der Waals surface area contributed by atoms with Gasteiger partial charge in [0, 0.05) is 0 Å². The number of hydrogen-bond donors (Lipinski definition) is 0. The number of nitrogens with zero attached hydrogens (tertiary/aromatic N) is 4. The Hall–Kier alpha value is -3.20. The van der Waals surface area contributed by atoms with Gasteiger partial charge in [-0.15, -0.1) is 0 Å². The average Bonchev–Trinajstić information content (AvgIpc) is 2.48. The first-order valence-electron chi connectivity index (χ1n) is 5.50. The Kier molecular flexibility index (Phi) is 3.83. The fraction of sp³-hybridized carbons (Fsp3) is 0. The fourth-order valence-corrected chi connectivity index (χ4v) is 1.48. The normalized spacial score (nSPS) is 8.74. The summed E-state index contributed by atoms with van der Waals surface area (Å²) in [4.78, 5) is 8.01. The molecule has 0 unspecified atom stereocenters. The molecule has 0 atom stereocenters. The van der Waals surface area contributed by atoms with Gasteiger partial charge in [-0.2, -0.15) is 20.5 Å². The molecule has 19 heavy (non-hydrogen) atoms. The Balaban J connectivity index is 2.38. The summed E-state index contributed by atoms with van der Waals surface area (Å²) in [5.41, 5.74) is 1.65. The van der Waals surface area contributed by atoms with Crippen LogP contribution in [0.1, 0.15) is 11.1 Å². The molecule has 0 saturated carbocycles. The van der Waals surface area contributed by atoms with E-state index in [2.05, 4.69) is 16.0 Å². The molecule has 2 rings (SSSR count). The topological polar surface area (TPSA) is 72.3 Å². The summed E-state index contributed by atoms with van der Waals surface area (Å²) in [5.74, 6) is 0. The maximum absolute atomic E-state index is 9.03. The van der Waals surface area contributed by atoms with Crippen molar-refractivity contribution in [3.8, 4) is 12.1 Å². The van der Waals surface area contributed by atoms with Gasteiger partial charge in [0.25, 0.3) is 0 Å². The highest BCUT2D eigenvalue weighted by atomic mass is 14.8. The van der Waals surface area contributed by atoms with Gasteiger partial charge in [-0.05, 0) is 24.3 Å². The zero-order valence-corrected chi connectivity index (χ0v) is 9.91. The highest BCUT2D eigenvalue weighted by Gasteiger charge is 2.05. The second kappa shape index (κ2) is 5.93. The van der Waals surface area contributed by atoms with Crippen molar-refractivity contribution in [1.29, 1.82) is 10.5 Å². The van der Waals surface area contributed by atoms with Crippen LogP contribution >= 0.6 is 0 Å². The van der Waals surface area contributed by atoms with Crippen LogP contribution in [0.3, 0.4) is 0 Å². The van der Waals surface area contributed by atoms with Gasteiger partial charge in [-0.1, -0.05) is 24.3 Å². The quantitative estimate of drug-likeness (QED) is 0.757. The lowest BCUT2D eigenvalue weighted by atomic mass is 10.1. The van der Waals surface area contributed by atoms with Crippen molar-refractivity contribution >= 4 is 17.4 Å². The first-order chi connectivity index (χ1) is 9.35. The maximum atomic E-state index is 9.03. The van der Waals surface area contributed by atoms with Gasteiger partial charge in [0.05, 0.1) is 22.5 Å².